The zero-order valence-corrected chi connectivity index (χ0v) is 8.56. The first-order chi connectivity index (χ1) is 6.22. The number of hydrogen-bond donors (Lipinski definition) is 1. The van der Waals surface area contributed by atoms with Crippen LogP contribution in [0.25, 0.3) is 0 Å². The lowest BCUT2D eigenvalue weighted by atomic mass is 10.2. The molecule has 0 aromatic heterocycles. The monoisotopic (exact) mass is 195 g/mol. The largest absolute Gasteiger partial charge is 0.359 e. The van der Waals surface area contributed by atoms with Gasteiger partial charge in [-0.15, -0.1) is 0 Å². The van der Waals surface area contributed by atoms with Crippen molar-refractivity contribution in [2.24, 2.45) is 0 Å². The van der Waals surface area contributed by atoms with Gasteiger partial charge in [0.2, 0.25) is 0 Å². The first-order valence-corrected chi connectivity index (χ1v) is 4.80. The van der Waals surface area contributed by atoms with Crippen molar-refractivity contribution in [2.45, 2.75) is 19.8 Å². The molecule has 0 fully saturated rings. The van der Waals surface area contributed by atoms with Crippen molar-refractivity contribution in [1.82, 2.24) is 0 Å². The fourth-order valence-electron chi connectivity index (χ4n) is 1.10. The highest BCUT2D eigenvalue weighted by atomic mass is 35.5. The third-order valence-electron chi connectivity index (χ3n) is 1.72. The van der Waals surface area contributed by atoms with Gasteiger partial charge in [-0.1, -0.05) is 31.5 Å². The molecular formula is C11H14ClN. The highest BCUT2D eigenvalue weighted by Crippen LogP contribution is 2.15. The minimum Gasteiger partial charge on any atom is -0.359 e. The Kier molecular flexibility index (Phi) is 3.84. The minimum absolute atomic E-state index is 0.756. The van der Waals surface area contributed by atoms with Gasteiger partial charge >= 0.3 is 0 Å². The highest BCUT2D eigenvalue weighted by Gasteiger charge is 1.94. The third-order valence-corrected chi connectivity index (χ3v) is 1.97. The molecule has 0 atom stereocenters. The first-order valence-electron chi connectivity index (χ1n) is 4.42. The van der Waals surface area contributed by atoms with E-state index < -0.39 is 0 Å². The van der Waals surface area contributed by atoms with Crippen LogP contribution >= 0.6 is 11.6 Å². The van der Waals surface area contributed by atoms with Gasteiger partial charge in [0, 0.05) is 16.4 Å². The Labute approximate surface area is 84.4 Å². The summed E-state index contributed by atoms with van der Waals surface area (Å²) in [6, 6.07) is 7.62. The van der Waals surface area contributed by atoms with Crippen LogP contribution in [0.1, 0.15) is 19.8 Å². The van der Waals surface area contributed by atoms with Crippen molar-refractivity contribution in [1.29, 1.82) is 0 Å². The van der Waals surface area contributed by atoms with Gasteiger partial charge in [-0.25, -0.2) is 0 Å². The van der Waals surface area contributed by atoms with Gasteiger partial charge in [-0.3, -0.25) is 0 Å². The van der Waals surface area contributed by atoms with Crippen molar-refractivity contribution in [3.05, 3.63) is 41.6 Å². The number of halogens is 1. The van der Waals surface area contributed by atoms with Crippen molar-refractivity contribution >= 4 is 17.3 Å². The lowest BCUT2D eigenvalue weighted by Gasteiger charge is -2.07. The topological polar surface area (TPSA) is 12.0 Å². The molecule has 1 N–H and O–H groups in total. The van der Waals surface area contributed by atoms with E-state index in [9.17, 15) is 0 Å². The second kappa shape index (κ2) is 4.93. The molecule has 0 heterocycles. The molecule has 0 aliphatic heterocycles. The number of benzene rings is 1. The average Bonchev–Trinajstić information content (AvgIpc) is 2.09. The van der Waals surface area contributed by atoms with E-state index in [2.05, 4.69) is 18.8 Å². The van der Waals surface area contributed by atoms with Gasteiger partial charge in [-0.2, -0.15) is 0 Å². The second-order valence-corrected chi connectivity index (χ2v) is 3.42. The van der Waals surface area contributed by atoms with Crippen molar-refractivity contribution in [3.63, 3.8) is 0 Å². The van der Waals surface area contributed by atoms with Crippen molar-refractivity contribution in [3.8, 4) is 0 Å². The Morgan fingerprint density at radius 2 is 2.00 bits per heavy atom. The molecule has 0 aliphatic rings. The zero-order chi connectivity index (χ0) is 9.68. The fraction of sp³-hybridized carbons (Fsp3) is 0.273. The molecule has 0 radical (unpaired) electrons. The van der Waals surface area contributed by atoms with E-state index in [1.807, 2.05) is 24.3 Å². The SMILES string of the molecule is C=C(CCC)Nc1ccc(Cl)cc1. The van der Waals surface area contributed by atoms with Crippen LogP contribution < -0.4 is 5.32 Å². The van der Waals surface area contributed by atoms with Gasteiger partial charge in [0.05, 0.1) is 0 Å². The summed E-state index contributed by atoms with van der Waals surface area (Å²) in [5.41, 5.74) is 2.09. The van der Waals surface area contributed by atoms with Gasteiger partial charge in [0.1, 0.15) is 0 Å². The summed E-state index contributed by atoms with van der Waals surface area (Å²) in [6.45, 7) is 6.05. The van der Waals surface area contributed by atoms with Gasteiger partial charge in [-0.05, 0) is 30.7 Å². The van der Waals surface area contributed by atoms with E-state index in [-0.39, 0.29) is 0 Å². The molecule has 0 unspecified atom stereocenters. The van der Waals surface area contributed by atoms with Crippen LogP contribution in [0.15, 0.2) is 36.5 Å². The lowest BCUT2D eigenvalue weighted by Crippen LogP contribution is -1.96. The number of rotatable bonds is 4. The highest BCUT2D eigenvalue weighted by molar-refractivity contribution is 6.30. The Bertz CT molecular complexity index is 277. The smallest absolute Gasteiger partial charge is 0.0407 e. The fourth-order valence-corrected chi connectivity index (χ4v) is 1.23. The summed E-state index contributed by atoms with van der Waals surface area (Å²) in [6.07, 6.45) is 2.11. The maximum Gasteiger partial charge on any atom is 0.0407 e. The molecule has 0 bridgehead atoms. The Balaban J connectivity index is 2.54. The summed E-state index contributed by atoms with van der Waals surface area (Å²) < 4.78 is 0. The zero-order valence-electron chi connectivity index (χ0n) is 7.81. The predicted octanol–water partition coefficient (Wildman–Crippen LogP) is 4.07. The number of anilines is 1. The normalized spacial score (nSPS) is 9.69. The Morgan fingerprint density at radius 1 is 1.38 bits per heavy atom. The standard InChI is InChI=1S/C11H14ClN/c1-3-4-9(2)13-11-7-5-10(12)6-8-11/h5-8,13H,2-4H2,1H3. The van der Waals surface area contributed by atoms with Crippen LogP contribution in [0.5, 0.6) is 0 Å². The van der Waals surface area contributed by atoms with Gasteiger partial charge < -0.3 is 5.32 Å². The summed E-state index contributed by atoms with van der Waals surface area (Å²) in [5, 5.41) is 3.97. The van der Waals surface area contributed by atoms with E-state index in [4.69, 9.17) is 11.6 Å². The summed E-state index contributed by atoms with van der Waals surface area (Å²) in [4.78, 5) is 0. The molecule has 0 amide bonds. The maximum absolute atomic E-state index is 5.76. The molecule has 1 aromatic rings. The molecular weight excluding hydrogens is 182 g/mol. The molecule has 13 heavy (non-hydrogen) atoms. The van der Waals surface area contributed by atoms with Gasteiger partial charge in [0.25, 0.3) is 0 Å². The molecule has 2 heteroatoms. The maximum atomic E-state index is 5.76. The minimum atomic E-state index is 0.756. The Morgan fingerprint density at radius 3 is 2.54 bits per heavy atom. The summed E-state index contributed by atoms with van der Waals surface area (Å²) in [5.74, 6) is 0. The number of nitrogens with one attached hydrogen (secondary N) is 1. The van der Waals surface area contributed by atoms with Crippen LogP contribution in [0.3, 0.4) is 0 Å². The molecule has 0 aliphatic carbocycles. The molecule has 0 saturated heterocycles. The van der Waals surface area contributed by atoms with Crippen LogP contribution in [0.2, 0.25) is 5.02 Å². The van der Waals surface area contributed by atoms with E-state index in [1.54, 1.807) is 0 Å². The van der Waals surface area contributed by atoms with Gasteiger partial charge in [0.15, 0.2) is 0 Å². The molecule has 1 aromatic carbocycles. The third kappa shape index (κ3) is 3.51. The number of hydrogen-bond acceptors (Lipinski definition) is 1. The second-order valence-electron chi connectivity index (χ2n) is 2.99. The average molecular weight is 196 g/mol. The van der Waals surface area contributed by atoms with Crippen LogP contribution in [-0.4, -0.2) is 0 Å². The number of allylic oxidation sites excluding steroid dienone is 1. The van der Waals surface area contributed by atoms with Crippen LogP contribution in [0.4, 0.5) is 5.69 Å². The quantitative estimate of drug-likeness (QED) is 0.764. The van der Waals surface area contributed by atoms with E-state index in [0.29, 0.717) is 0 Å². The Hall–Kier alpha value is -0.950. The first kappa shape index (κ1) is 10.1. The van der Waals surface area contributed by atoms with Crippen molar-refractivity contribution < 1.29 is 0 Å². The van der Waals surface area contributed by atoms with E-state index in [0.717, 1.165) is 29.2 Å². The summed E-state index contributed by atoms with van der Waals surface area (Å²) >= 11 is 5.76. The van der Waals surface area contributed by atoms with Crippen molar-refractivity contribution in [2.75, 3.05) is 5.32 Å². The molecule has 1 nitrogen and oxygen atoms in total. The van der Waals surface area contributed by atoms with Crippen LogP contribution in [-0.2, 0) is 0 Å². The summed E-state index contributed by atoms with van der Waals surface area (Å²) in [7, 11) is 0. The predicted molar refractivity (Wildman–Crippen MR) is 59.1 cm³/mol. The molecule has 0 spiro atoms. The lowest BCUT2D eigenvalue weighted by molar-refractivity contribution is 0.913. The van der Waals surface area contributed by atoms with E-state index >= 15 is 0 Å². The molecule has 1 rings (SSSR count). The van der Waals surface area contributed by atoms with Crippen LogP contribution in [0, 0.1) is 0 Å². The molecule has 0 saturated carbocycles. The molecule has 70 valence electrons. The van der Waals surface area contributed by atoms with E-state index in [1.165, 1.54) is 0 Å².